The van der Waals surface area contributed by atoms with Gasteiger partial charge in [0, 0.05) is 43.3 Å². The van der Waals surface area contributed by atoms with Crippen molar-refractivity contribution in [1.29, 1.82) is 0 Å². The number of fused-ring (bicyclic) bond motifs is 14. The van der Waals surface area contributed by atoms with Crippen molar-refractivity contribution in [1.82, 2.24) is 18.9 Å². The Kier molecular flexibility index (Phi) is 5.73. The minimum absolute atomic E-state index is 0.660. The molecule has 14 rings (SSSR count). The number of hydrogen-bond donors (Lipinski definition) is 0. The molecule has 4 heteroatoms. The van der Waals surface area contributed by atoms with Gasteiger partial charge in [0.2, 0.25) is 5.95 Å². The van der Waals surface area contributed by atoms with E-state index in [0.29, 0.717) is 5.95 Å². The molecule has 0 bridgehead atoms. The summed E-state index contributed by atoms with van der Waals surface area (Å²) in [5, 5.41) is 18.2. The van der Waals surface area contributed by atoms with E-state index in [-0.39, 0.29) is 0 Å². The highest BCUT2D eigenvalue weighted by atomic mass is 15.2. The summed E-state index contributed by atoms with van der Waals surface area (Å²) < 4.78 is 4.79. The van der Waals surface area contributed by atoms with Crippen molar-refractivity contribution in [2.45, 2.75) is 0 Å². The molecule has 0 aliphatic rings. The lowest BCUT2D eigenvalue weighted by Gasteiger charge is -2.15. The fourth-order valence-corrected chi connectivity index (χ4v) is 10.4. The van der Waals surface area contributed by atoms with Gasteiger partial charge in [-0.25, -0.2) is 9.97 Å². The molecule has 0 aliphatic carbocycles. The molecular weight excluding hydrogens is 705 g/mol. The Morgan fingerprint density at radius 1 is 0.328 bits per heavy atom. The van der Waals surface area contributed by atoms with Crippen LogP contribution in [0.25, 0.3) is 131 Å². The highest BCUT2D eigenvalue weighted by Crippen LogP contribution is 2.45. The first-order valence-corrected chi connectivity index (χ1v) is 19.9. The highest BCUT2D eigenvalue weighted by molar-refractivity contribution is 6.31. The number of benzene rings is 10. The van der Waals surface area contributed by atoms with Crippen molar-refractivity contribution in [2.24, 2.45) is 0 Å². The monoisotopic (exact) mass is 734 g/mol. The fraction of sp³-hybridized carbons (Fsp3) is 0. The van der Waals surface area contributed by atoms with Crippen LogP contribution in [0.1, 0.15) is 0 Å². The van der Waals surface area contributed by atoms with Gasteiger partial charge < -0.3 is 4.40 Å². The quantitative estimate of drug-likeness (QED) is 0.166. The summed E-state index contributed by atoms with van der Waals surface area (Å²) in [6.07, 6.45) is 0. The first-order chi connectivity index (χ1) is 28.8. The molecule has 0 aliphatic heterocycles. The molecule has 266 valence electrons. The normalized spacial score (nSPS) is 12.5. The largest absolute Gasteiger partial charge is 0.308 e. The summed E-state index contributed by atoms with van der Waals surface area (Å²) in [5.74, 6) is 0.660. The standard InChI is InChI=1S/C54H30N4/c1-2-13-33-31(12-1)26-29-43-51(32-27-28-38-36-16-4-3-14-34(36)35-15-5-6-17-37(35)44(38)30-32)55-54(56-52(33)43)58-46-23-10-19-40-42-21-9-20-41-39-18-7-8-22-45(39)57(53(41)42)47-24-11-25-48(58)50(47)49(40)46/h1-30H. The zero-order valence-electron chi connectivity index (χ0n) is 31.1. The van der Waals surface area contributed by atoms with Gasteiger partial charge in [-0.05, 0) is 79.5 Å². The van der Waals surface area contributed by atoms with Gasteiger partial charge in [-0.3, -0.25) is 4.57 Å². The molecule has 0 saturated heterocycles. The molecule has 0 unspecified atom stereocenters. The van der Waals surface area contributed by atoms with Crippen LogP contribution >= 0.6 is 0 Å². The summed E-state index contributed by atoms with van der Waals surface area (Å²) >= 11 is 0. The highest BCUT2D eigenvalue weighted by Gasteiger charge is 2.24. The summed E-state index contributed by atoms with van der Waals surface area (Å²) in [7, 11) is 0. The first-order valence-electron chi connectivity index (χ1n) is 19.9. The van der Waals surface area contributed by atoms with Crippen molar-refractivity contribution in [3.8, 4) is 17.2 Å². The Morgan fingerprint density at radius 3 is 1.66 bits per heavy atom. The van der Waals surface area contributed by atoms with Crippen LogP contribution in [0.4, 0.5) is 0 Å². The molecule has 0 spiro atoms. The van der Waals surface area contributed by atoms with Gasteiger partial charge >= 0.3 is 0 Å². The van der Waals surface area contributed by atoms with Crippen LogP contribution < -0.4 is 0 Å². The molecule has 58 heavy (non-hydrogen) atoms. The minimum Gasteiger partial charge on any atom is -0.308 e. The summed E-state index contributed by atoms with van der Waals surface area (Å²) in [6.45, 7) is 0. The molecule has 4 aromatic heterocycles. The van der Waals surface area contributed by atoms with Gasteiger partial charge in [-0.15, -0.1) is 0 Å². The molecule has 0 radical (unpaired) electrons. The van der Waals surface area contributed by atoms with Crippen molar-refractivity contribution in [2.75, 3.05) is 0 Å². The first kappa shape index (κ1) is 30.4. The second-order valence-corrected chi connectivity index (χ2v) is 15.7. The van der Waals surface area contributed by atoms with Gasteiger partial charge in [0.1, 0.15) is 0 Å². The molecule has 0 atom stereocenters. The van der Waals surface area contributed by atoms with Crippen molar-refractivity contribution >= 4 is 114 Å². The van der Waals surface area contributed by atoms with Crippen LogP contribution in [-0.2, 0) is 0 Å². The van der Waals surface area contributed by atoms with E-state index >= 15 is 0 Å². The molecule has 10 aromatic carbocycles. The topological polar surface area (TPSA) is 35.1 Å². The van der Waals surface area contributed by atoms with Crippen LogP contribution in [0.15, 0.2) is 182 Å². The summed E-state index contributed by atoms with van der Waals surface area (Å²) in [5.41, 5.74) is 8.73. The Balaban J connectivity index is 1.15. The Morgan fingerprint density at radius 2 is 0.862 bits per heavy atom. The van der Waals surface area contributed by atoms with E-state index in [0.717, 1.165) is 44.0 Å². The third kappa shape index (κ3) is 3.79. The average Bonchev–Trinajstić information content (AvgIpc) is 3.77. The SMILES string of the molecule is c1ccc2c(c1)ccc1c(-c3ccc4c5ccccc5c5ccccc5c4c3)nc(-n3c4cccc5c6cccc7c8ccccc8n(c8cccc3c8c54)c67)nc12. The predicted molar refractivity (Wildman–Crippen MR) is 244 cm³/mol. The third-order valence-corrected chi connectivity index (χ3v) is 12.8. The maximum Gasteiger partial charge on any atom is 0.235 e. The Labute approximate surface area is 330 Å². The molecule has 0 fully saturated rings. The summed E-state index contributed by atoms with van der Waals surface area (Å²) in [6, 6.07) is 66.4. The van der Waals surface area contributed by atoms with E-state index in [1.165, 1.54) is 81.2 Å². The van der Waals surface area contributed by atoms with E-state index in [9.17, 15) is 0 Å². The minimum atomic E-state index is 0.660. The Bertz CT molecular complexity index is 4060. The second kappa shape index (κ2) is 10.9. The van der Waals surface area contributed by atoms with Gasteiger partial charge in [0.25, 0.3) is 0 Å². The third-order valence-electron chi connectivity index (χ3n) is 12.8. The molecule has 0 amide bonds. The number of rotatable bonds is 2. The lowest BCUT2D eigenvalue weighted by atomic mass is 9.92. The number of para-hydroxylation sites is 2. The fourth-order valence-electron chi connectivity index (χ4n) is 10.4. The zero-order chi connectivity index (χ0) is 37.6. The van der Waals surface area contributed by atoms with Crippen molar-refractivity contribution in [3.05, 3.63) is 182 Å². The second-order valence-electron chi connectivity index (χ2n) is 15.7. The molecule has 4 nitrogen and oxygen atoms in total. The van der Waals surface area contributed by atoms with Gasteiger partial charge in [-0.2, -0.15) is 0 Å². The van der Waals surface area contributed by atoms with Crippen molar-refractivity contribution in [3.63, 3.8) is 0 Å². The molecular formula is C54H30N4. The Hall–Kier alpha value is -7.82. The predicted octanol–water partition coefficient (Wildman–Crippen LogP) is 14.2. The maximum atomic E-state index is 5.64. The molecule has 0 saturated carbocycles. The smallest absolute Gasteiger partial charge is 0.235 e. The van der Waals surface area contributed by atoms with Gasteiger partial charge in [0.15, 0.2) is 0 Å². The van der Waals surface area contributed by atoms with Gasteiger partial charge in [-0.1, -0.05) is 146 Å². The van der Waals surface area contributed by atoms with Crippen LogP contribution in [0.3, 0.4) is 0 Å². The molecule has 0 N–H and O–H groups in total. The average molecular weight is 735 g/mol. The summed E-state index contributed by atoms with van der Waals surface area (Å²) in [4.78, 5) is 11.2. The maximum absolute atomic E-state index is 5.64. The van der Waals surface area contributed by atoms with Gasteiger partial charge in [0.05, 0.1) is 38.8 Å². The lowest BCUT2D eigenvalue weighted by Crippen LogP contribution is -2.04. The van der Waals surface area contributed by atoms with E-state index < -0.39 is 0 Å². The zero-order valence-corrected chi connectivity index (χ0v) is 31.1. The molecule has 14 aromatic rings. The van der Waals surface area contributed by atoms with E-state index in [2.05, 4.69) is 191 Å². The lowest BCUT2D eigenvalue weighted by molar-refractivity contribution is 1.02. The van der Waals surface area contributed by atoms with Crippen molar-refractivity contribution < 1.29 is 0 Å². The van der Waals surface area contributed by atoms with E-state index in [1.54, 1.807) is 0 Å². The van der Waals surface area contributed by atoms with E-state index in [4.69, 9.17) is 9.97 Å². The number of nitrogens with zero attached hydrogens (tertiary/aromatic N) is 4. The number of hydrogen-bond acceptors (Lipinski definition) is 2. The van der Waals surface area contributed by atoms with E-state index in [1.807, 2.05) is 0 Å². The van der Waals surface area contributed by atoms with Crippen LogP contribution in [-0.4, -0.2) is 18.9 Å². The number of aromatic nitrogens is 4. The van der Waals surface area contributed by atoms with Crippen LogP contribution in [0.2, 0.25) is 0 Å². The van der Waals surface area contributed by atoms with Crippen LogP contribution in [0, 0.1) is 0 Å². The molecule has 4 heterocycles. The van der Waals surface area contributed by atoms with Crippen LogP contribution in [0.5, 0.6) is 0 Å².